The van der Waals surface area contributed by atoms with Gasteiger partial charge in [0.2, 0.25) is 5.39 Å². The first-order valence-electron chi connectivity index (χ1n) is 3.03. The molecule has 0 aromatic rings. The molecule has 0 heterocycles. The summed E-state index contributed by atoms with van der Waals surface area (Å²) in [6.07, 6.45) is 3.61. The highest BCUT2D eigenvalue weighted by atomic mass is 16.3. The predicted molar refractivity (Wildman–Crippen MR) is 35.3 cm³/mol. The van der Waals surface area contributed by atoms with Crippen LogP contribution in [-0.4, -0.2) is 5.11 Å². The molecule has 3 heteroatoms. The second-order valence-electron chi connectivity index (χ2n) is 1.84. The molecule has 0 amide bonds. The number of diazo groups is 1. The molecule has 0 atom stereocenters. The van der Waals surface area contributed by atoms with E-state index in [0.29, 0.717) is 6.42 Å². The van der Waals surface area contributed by atoms with E-state index in [1.165, 1.54) is 0 Å². The molecule has 0 saturated carbocycles. The summed E-state index contributed by atoms with van der Waals surface area (Å²) in [5, 5.41) is 16.7. The van der Waals surface area contributed by atoms with E-state index in [4.69, 9.17) is 10.5 Å². The fraction of sp³-hybridized carbons (Fsp3) is 0.667. The van der Waals surface area contributed by atoms with Crippen LogP contribution in [0.4, 0.5) is 0 Å². The maximum atomic E-state index is 8.79. The van der Waals surface area contributed by atoms with Crippen LogP contribution in [0.15, 0.2) is 12.0 Å². The number of aliphatic hydroxyl groups excluding tert-OH is 1. The number of rotatable bonds is 3. The number of hydrogen-bond donors (Lipinski definition) is 1. The highest BCUT2D eigenvalue weighted by Crippen LogP contribution is 2.02. The second kappa shape index (κ2) is 5.10. The van der Waals surface area contributed by atoms with Crippen molar-refractivity contribution in [3.63, 3.8) is 0 Å². The minimum Gasteiger partial charge on any atom is -0.505 e. The highest BCUT2D eigenvalue weighted by molar-refractivity contribution is 4.94. The first-order valence-corrected chi connectivity index (χ1v) is 3.03. The van der Waals surface area contributed by atoms with Gasteiger partial charge in [-0.3, -0.25) is 0 Å². The Morgan fingerprint density at radius 2 is 2.44 bits per heavy atom. The fourth-order valence-electron chi connectivity index (χ4n) is 0.489. The Hall–Kier alpha value is -1.04. The van der Waals surface area contributed by atoms with Crippen molar-refractivity contribution in [1.82, 2.24) is 0 Å². The topological polar surface area (TPSA) is 48.4 Å². The zero-order valence-corrected chi connectivity index (χ0v) is 5.54. The van der Waals surface area contributed by atoms with Crippen LogP contribution in [0.2, 0.25) is 0 Å². The molecule has 50 valence electrons. The van der Waals surface area contributed by atoms with Crippen molar-refractivity contribution in [2.45, 2.75) is 26.2 Å². The first kappa shape index (κ1) is 7.96. The minimum absolute atomic E-state index is 0.138. The Kier molecular flexibility index (Phi) is 4.51. The molecule has 0 bridgehead atoms. The van der Waals surface area contributed by atoms with Crippen molar-refractivity contribution in [3.05, 3.63) is 16.9 Å². The quantitative estimate of drug-likeness (QED) is 0.467. The maximum absolute atomic E-state index is 8.79. The van der Waals surface area contributed by atoms with Crippen LogP contribution >= 0.6 is 0 Å². The third kappa shape index (κ3) is 4.82. The van der Waals surface area contributed by atoms with E-state index in [1.54, 1.807) is 0 Å². The molecule has 0 aliphatic rings. The van der Waals surface area contributed by atoms with Crippen molar-refractivity contribution in [2.75, 3.05) is 0 Å². The Labute approximate surface area is 54.6 Å². The van der Waals surface area contributed by atoms with Crippen molar-refractivity contribution in [3.8, 4) is 0 Å². The highest BCUT2D eigenvalue weighted by Gasteiger charge is 1.96. The summed E-state index contributed by atoms with van der Waals surface area (Å²) in [6.45, 7) is 2.03. The van der Waals surface area contributed by atoms with Crippen molar-refractivity contribution in [2.24, 2.45) is 0 Å². The average Bonchev–Trinajstić information content (AvgIpc) is 1.85. The number of hydrogen-bond acceptors (Lipinski definition) is 2. The van der Waals surface area contributed by atoms with Gasteiger partial charge in [-0.2, -0.15) is 0 Å². The zero-order valence-electron chi connectivity index (χ0n) is 5.54. The summed E-state index contributed by atoms with van der Waals surface area (Å²) in [6, 6.07) is 0. The number of aliphatic hydroxyl groups is 1. The lowest BCUT2D eigenvalue weighted by Crippen LogP contribution is -1.78. The zero-order chi connectivity index (χ0) is 7.11. The molecule has 0 spiro atoms. The molecular weight excluding hydrogens is 116 g/mol. The van der Waals surface area contributed by atoms with Crippen LogP contribution < -0.4 is 0 Å². The summed E-state index contributed by atoms with van der Waals surface area (Å²) >= 11 is 0. The van der Waals surface area contributed by atoms with Crippen LogP contribution in [0.5, 0.6) is 0 Å². The van der Waals surface area contributed by atoms with E-state index in [0.717, 1.165) is 19.0 Å². The van der Waals surface area contributed by atoms with Crippen LogP contribution in [0.25, 0.3) is 4.98 Å². The van der Waals surface area contributed by atoms with E-state index in [-0.39, 0.29) is 5.76 Å². The fourth-order valence-corrected chi connectivity index (χ4v) is 0.489. The van der Waals surface area contributed by atoms with Crippen molar-refractivity contribution < 1.29 is 5.11 Å². The third-order valence-electron chi connectivity index (χ3n) is 0.993. The standard InChI is InChI=1S/C6H10N2O/c1-2-3-4-6(9)5-8-7/h5H,2-4H2,1H3/p+1/b6-5-. The molecule has 0 aliphatic heterocycles. The van der Waals surface area contributed by atoms with Gasteiger partial charge in [-0.05, 0) is 6.42 Å². The van der Waals surface area contributed by atoms with Gasteiger partial charge in [-0.1, -0.05) is 13.3 Å². The Morgan fingerprint density at radius 1 is 1.78 bits per heavy atom. The van der Waals surface area contributed by atoms with Gasteiger partial charge in [0.25, 0.3) is 0 Å². The smallest absolute Gasteiger partial charge is 0.387 e. The molecule has 0 fully saturated rings. The van der Waals surface area contributed by atoms with Gasteiger partial charge in [-0.15, -0.1) is 0 Å². The van der Waals surface area contributed by atoms with Gasteiger partial charge in [0.1, 0.15) is 0 Å². The molecule has 0 rings (SSSR count). The summed E-state index contributed by atoms with van der Waals surface area (Å²) in [5.74, 6) is 0.138. The van der Waals surface area contributed by atoms with Gasteiger partial charge in [0, 0.05) is 6.42 Å². The Balaban J connectivity index is 3.40. The molecule has 3 nitrogen and oxygen atoms in total. The van der Waals surface area contributed by atoms with Gasteiger partial charge in [0.05, 0.1) is 0 Å². The monoisotopic (exact) mass is 127 g/mol. The van der Waals surface area contributed by atoms with E-state index < -0.39 is 0 Å². The number of allylic oxidation sites excluding steroid dienone is 1. The van der Waals surface area contributed by atoms with Crippen molar-refractivity contribution >= 4 is 0 Å². The van der Waals surface area contributed by atoms with Gasteiger partial charge in [-0.25, -0.2) is 0 Å². The maximum Gasteiger partial charge on any atom is 0.387 e. The van der Waals surface area contributed by atoms with Gasteiger partial charge < -0.3 is 5.11 Å². The molecule has 0 saturated heterocycles. The Bertz CT molecular complexity index is 134. The SMILES string of the molecule is CCCC/C(O)=C/[N+]#N. The second-order valence-corrected chi connectivity index (χ2v) is 1.84. The lowest BCUT2D eigenvalue weighted by Gasteiger charge is -1.88. The summed E-state index contributed by atoms with van der Waals surface area (Å²) < 4.78 is 0. The molecule has 0 aliphatic carbocycles. The predicted octanol–water partition coefficient (Wildman–Crippen LogP) is 2.43. The molecule has 9 heavy (non-hydrogen) atoms. The third-order valence-corrected chi connectivity index (χ3v) is 0.993. The van der Waals surface area contributed by atoms with Gasteiger partial charge >= 0.3 is 6.20 Å². The normalized spacial score (nSPS) is 10.9. The molecule has 0 radical (unpaired) electrons. The van der Waals surface area contributed by atoms with Crippen LogP contribution in [0, 0.1) is 5.39 Å². The van der Waals surface area contributed by atoms with Crippen LogP contribution in [0.1, 0.15) is 26.2 Å². The lowest BCUT2D eigenvalue weighted by molar-refractivity contribution is 0.383. The van der Waals surface area contributed by atoms with Crippen LogP contribution in [0.3, 0.4) is 0 Å². The average molecular weight is 127 g/mol. The van der Waals surface area contributed by atoms with E-state index in [1.807, 2.05) is 6.92 Å². The molecule has 0 aromatic heterocycles. The summed E-state index contributed by atoms with van der Waals surface area (Å²) in [4.78, 5) is 2.68. The molecule has 0 unspecified atom stereocenters. The number of nitrogens with zero attached hydrogens (tertiary/aromatic N) is 2. The van der Waals surface area contributed by atoms with E-state index in [2.05, 4.69) is 4.98 Å². The van der Waals surface area contributed by atoms with Gasteiger partial charge in [0.15, 0.2) is 10.7 Å². The van der Waals surface area contributed by atoms with E-state index in [9.17, 15) is 0 Å². The first-order chi connectivity index (χ1) is 4.31. The summed E-state index contributed by atoms with van der Waals surface area (Å²) in [5.41, 5.74) is 0. The van der Waals surface area contributed by atoms with Crippen molar-refractivity contribution in [1.29, 1.82) is 5.39 Å². The molecule has 1 N–H and O–H groups in total. The minimum atomic E-state index is 0.138. The molecular formula is C6H11N2O+. The lowest BCUT2D eigenvalue weighted by atomic mass is 10.2. The Morgan fingerprint density at radius 3 is 2.89 bits per heavy atom. The number of unbranched alkanes of at least 4 members (excludes halogenated alkanes) is 1. The van der Waals surface area contributed by atoms with Crippen LogP contribution in [-0.2, 0) is 0 Å². The van der Waals surface area contributed by atoms with E-state index >= 15 is 0 Å². The largest absolute Gasteiger partial charge is 0.505 e. The molecule has 0 aromatic carbocycles. The summed E-state index contributed by atoms with van der Waals surface area (Å²) in [7, 11) is 0.